The number of benzene rings is 3. The molecule has 2 heterocycles. The Balaban J connectivity index is 1.57. The first kappa shape index (κ1) is 24.9. The third-order valence-corrected chi connectivity index (χ3v) is 6.31. The predicted molar refractivity (Wildman–Crippen MR) is 141 cm³/mol. The van der Waals surface area contributed by atoms with E-state index in [0.29, 0.717) is 41.6 Å². The number of ether oxygens (including phenoxy) is 2. The Morgan fingerprint density at radius 2 is 1.63 bits per heavy atom. The number of aliphatic hydroxyl groups is 1. The minimum absolute atomic E-state index is 0.00755. The maximum absolute atomic E-state index is 13.3. The Bertz CT molecular complexity index is 1440. The van der Waals surface area contributed by atoms with Gasteiger partial charge in [-0.3, -0.25) is 9.59 Å². The van der Waals surface area contributed by atoms with E-state index in [4.69, 9.17) is 13.9 Å². The van der Waals surface area contributed by atoms with Gasteiger partial charge in [-0.25, -0.2) is 0 Å². The van der Waals surface area contributed by atoms with Gasteiger partial charge in [0.05, 0.1) is 31.0 Å². The molecule has 5 rings (SSSR count). The van der Waals surface area contributed by atoms with Crippen molar-refractivity contribution in [1.29, 1.82) is 0 Å². The summed E-state index contributed by atoms with van der Waals surface area (Å²) in [7, 11) is 0. The largest absolute Gasteiger partial charge is 0.507 e. The lowest BCUT2D eigenvalue weighted by atomic mass is 9.95. The lowest BCUT2D eigenvalue weighted by Gasteiger charge is -2.25. The molecule has 0 radical (unpaired) electrons. The summed E-state index contributed by atoms with van der Waals surface area (Å²) in [6.07, 6.45) is 1.51. The van der Waals surface area contributed by atoms with Crippen LogP contribution in [0.25, 0.3) is 5.76 Å². The Morgan fingerprint density at radius 1 is 0.895 bits per heavy atom. The van der Waals surface area contributed by atoms with Gasteiger partial charge in [-0.05, 0) is 42.3 Å². The van der Waals surface area contributed by atoms with Crippen molar-refractivity contribution in [2.75, 3.05) is 6.61 Å². The van der Waals surface area contributed by atoms with E-state index in [1.54, 1.807) is 54.6 Å². The second kappa shape index (κ2) is 11.1. The molecule has 1 fully saturated rings. The second-order valence-electron chi connectivity index (χ2n) is 8.79. The average Bonchev–Trinajstić information content (AvgIpc) is 3.55. The van der Waals surface area contributed by atoms with Crippen LogP contribution in [0.3, 0.4) is 0 Å². The highest BCUT2D eigenvalue weighted by molar-refractivity contribution is 6.46. The molecule has 192 valence electrons. The van der Waals surface area contributed by atoms with E-state index in [2.05, 4.69) is 0 Å². The number of amides is 1. The van der Waals surface area contributed by atoms with Crippen LogP contribution in [0.4, 0.5) is 0 Å². The van der Waals surface area contributed by atoms with Crippen molar-refractivity contribution < 1.29 is 28.6 Å². The van der Waals surface area contributed by atoms with Crippen molar-refractivity contribution in [1.82, 2.24) is 4.90 Å². The van der Waals surface area contributed by atoms with Gasteiger partial charge in [0.15, 0.2) is 11.5 Å². The van der Waals surface area contributed by atoms with Gasteiger partial charge in [-0.2, -0.15) is 0 Å². The maximum Gasteiger partial charge on any atom is 0.296 e. The van der Waals surface area contributed by atoms with E-state index in [-0.39, 0.29) is 17.9 Å². The highest BCUT2D eigenvalue weighted by Crippen LogP contribution is 2.43. The first-order valence-electron chi connectivity index (χ1n) is 12.4. The Morgan fingerprint density at radius 3 is 2.32 bits per heavy atom. The molecule has 0 saturated carbocycles. The van der Waals surface area contributed by atoms with Crippen LogP contribution in [0.2, 0.25) is 0 Å². The zero-order valence-corrected chi connectivity index (χ0v) is 20.9. The Kier molecular flexibility index (Phi) is 7.26. The predicted octanol–water partition coefficient (Wildman–Crippen LogP) is 5.88. The summed E-state index contributed by atoms with van der Waals surface area (Å²) < 4.78 is 17.4. The van der Waals surface area contributed by atoms with Crippen LogP contribution in [-0.4, -0.2) is 28.3 Å². The monoisotopic (exact) mass is 509 g/mol. The smallest absolute Gasteiger partial charge is 0.296 e. The molecule has 0 aliphatic carbocycles. The van der Waals surface area contributed by atoms with Gasteiger partial charge in [0.2, 0.25) is 0 Å². The molecule has 7 nitrogen and oxygen atoms in total. The lowest BCUT2D eigenvalue weighted by molar-refractivity contribution is -0.140. The van der Waals surface area contributed by atoms with Crippen LogP contribution >= 0.6 is 0 Å². The summed E-state index contributed by atoms with van der Waals surface area (Å²) in [6.45, 7) is 2.67. The van der Waals surface area contributed by atoms with Gasteiger partial charge < -0.3 is 23.9 Å². The average molecular weight is 510 g/mol. The van der Waals surface area contributed by atoms with E-state index >= 15 is 0 Å². The topological polar surface area (TPSA) is 89.2 Å². The summed E-state index contributed by atoms with van der Waals surface area (Å²) in [5, 5.41) is 11.2. The van der Waals surface area contributed by atoms with E-state index in [9.17, 15) is 14.7 Å². The number of rotatable bonds is 9. The minimum Gasteiger partial charge on any atom is -0.507 e. The maximum atomic E-state index is 13.3. The van der Waals surface area contributed by atoms with Gasteiger partial charge in [0.25, 0.3) is 11.7 Å². The Hall–Kier alpha value is -4.78. The molecule has 1 N–H and O–H groups in total. The first-order valence-corrected chi connectivity index (χ1v) is 12.4. The molecular weight excluding hydrogens is 482 g/mol. The van der Waals surface area contributed by atoms with Crippen LogP contribution in [0, 0.1) is 0 Å². The summed E-state index contributed by atoms with van der Waals surface area (Å²) in [5.74, 6) is -0.186. The number of furan rings is 1. The summed E-state index contributed by atoms with van der Waals surface area (Å²) in [5.41, 5.74) is 2.06. The van der Waals surface area contributed by atoms with E-state index in [1.807, 2.05) is 43.3 Å². The van der Waals surface area contributed by atoms with Crippen molar-refractivity contribution in [3.63, 3.8) is 0 Å². The summed E-state index contributed by atoms with van der Waals surface area (Å²) in [4.78, 5) is 27.9. The quantitative estimate of drug-likeness (QED) is 0.172. The third kappa shape index (κ3) is 5.04. The van der Waals surface area contributed by atoms with Crippen LogP contribution in [0.5, 0.6) is 11.5 Å². The number of carbonyl (C=O) groups is 2. The van der Waals surface area contributed by atoms with Crippen LogP contribution in [0.15, 0.2) is 107 Å². The zero-order valence-electron chi connectivity index (χ0n) is 20.9. The third-order valence-electron chi connectivity index (χ3n) is 6.31. The molecule has 38 heavy (non-hydrogen) atoms. The van der Waals surface area contributed by atoms with Gasteiger partial charge in [-0.15, -0.1) is 0 Å². The second-order valence-corrected chi connectivity index (χ2v) is 8.79. The molecule has 4 aromatic rings. The molecule has 1 aliphatic rings. The van der Waals surface area contributed by atoms with Crippen LogP contribution in [-0.2, 0) is 22.7 Å². The molecular formula is C31H27NO6. The number of carbonyl (C=O) groups excluding carboxylic acids is 2. The van der Waals surface area contributed by atoms with E-state index in [0.717, 1.165) is 5.56 Å². The van der Waals surface area contributed by atoms with Crippen molar-refractivity contribution in [3.8, 4) is 11.5 Å². The molecule has 1 aromatic heterocycles. The van der Waals surface area contributed by atoms with Gasteiger partial charge in [0, 0.05) is 5.56 Å². The van der Waals surface area contributed by atoms with Gasteiger partial charge in [0.1, 0.15) is 18.1 Å². The van der Waals surface area contributed by atoms with Crippen LogP contribution in [0.1, 0.15) is 35.4 Å². The highest BCUT2D eigenvalue weighted by atomic mass is 16.5. The van der Waals surface area contributed by atoms with Gasteiger partial charge in [-0.1, -0.05) is 66.7 Å². The number of nitrogens with zero attached hydrogens (tertiary/aromatic N) is 1. The summed E-state index contributed by atoms with van der Waals surface area (Å²) in [6, 6.07) is 26.4. The number of likely N-dealkylation sites (tertiary alicyclic amines) is 1. The lowest BCUT2D eigenvalue weighted by Crippen LogP contribution is -2.29. The van der Waals surface area contributed by atoms with E-state index in [1.165, 1.54) is 11.2 Å². The van der Waals surface area contributed by atoms with Gasteiger partial charge >= 0.3 is 0 Å². The fourth-order valence-corrected chi connectivity index (χ4v) is 4.53. The molecule has 1 atom stereocenters. The standard InChI is InChI=1S/C31H27NO6/c1-2-36-26-18-23(15-16-25(26)38-20-21-10-5-3-6-11-21)28-27(29(33)22-12-7-4-8-13-22)30(34)31(35)32(28)19-24-14-9-17-37-24/h3-18,28,33H,2,19-20H2,1H3/b29-27+. The Labute approximate surface area is 220 Å². The van der Waals surface area contributed by atoms with Crippen molar-refractivity contribution in [2.24, 2.45) is 0 Å². The number of hydrogen-bond donors (Lipinski definition) is 1. The number of Topliss-reactive ketones (excluding diaryl/α,β-unsaturated/α-hetero) is 1. The van der Waals surface area contributed by atoms with Crippen molar-refractivity contribution >= 4 is 17.4 Å². The number of hydrogen-bond acceptors (Lipinski definition) is 6. The molecule has 1 aliphatic heterocycles. The van der Waals surface area contributed by atoms with Crippen molar-refractivity contribution in [3.05, 3.63) is 125 Å². The molecule has 0 spiro atoms. The SMILES string of the molecule is CCOc1cc(C2/C(=C(\O)c3ccccc3)C(=O)C(=O)N2Cc2ccco2)ccc1OCc1ccccc1. The molecule has 1 unspecified atom stereocenters. The first-order chi connectivity index (χ1) is 18.6. The number of ketones is 1. The molecule has 3 aromatic carbocycles. The molecule has 7 heteroatoms. The highest BCUT2D eigenvalue weighted by Gasteiger charge is 2.46. The van der Waals surface area contributed by atoms with E-state index < -0.39 is 17.7 Å². The molecule has 1 amide bonds. The summed E-state index contributed by atoms with van der Waals surface area (Å²) >= 11 is 0. The van der Waals surface area contributed by atoms with Crippen LogP contribution < -0.4 is 9.47 Å². The fraction of sp³-hybridized carbons (Fsp3) is 0.161. The molecule has 1 saturated heterocycles. The number of aliphatic hydroxyl groups excluding tert-OH is 1. The zero-order chi connectivity index (χ0) is 26.5. The normalized spacial score (nSPS) is 16.6. The fourth-order valence-electron chi connectivity index (χ4n) is 4.53. The van der Waals surface area contributed by atoms with Crippen molar-refractivity contribution in [2.45, 2.75) is 26.1 Å². The molecule has 0 bridgehead atoms. The minimum atomic E-state index is -0.859.